The molecule has 1 aliphatic rings. The molecule has 3 aromatic rings. The van der Waals surface area contributed by atoms with Gasteiger partial charge in [-0.25, -0.2) is 4.98 Å². The van der Waals surface area contributed by atoms with Crippen LogP contribution < -0.4 is 10.2 Å². The summed E-state index contributed by atoms with van der Waals surface area (Å²) in [4.78, 5) is 32.9. The predicted molar refractivity (Wildman–Crippen MR) is 154 cm³/mol. The molecule has 9 heteroatoms. The fourth-order valence-electron chi connectivity index (χ4n) is 4.56. The second kappa shape index (κ2) is 12.5. The van der Waals surface area contributed by atoms with Gasteiger partial charge < -0.3 is 10.2 Å². The Bertz CT molecular complexity index is 1230. The third kappa shape index (κ3) is 7.39. The molecule has 0 saturated heterocycles. The standard InChI is InChI=1S/C29H37N5O3S/c1-20(2)33(21(3)4)15-14-32(18-23-10-12-24(13-11-23)28(35)30-17-22-8-9-22)29-31-27(19-38-29)25-6-5-7-26(16-25)34(36)37/h5-7,10-13,16,19-22H,8-9,14-15,17-18H2,1-4H3,(H,30,35). The third-order valence-electron chi connectivity index (χ3n) is 6.91. The maximum Gasteiger partial charge on any atom is 0.270 e. The minimum atomic E-state index is -0.384. The fraction of sp³-hybridized carbons (Fsp3) is 0.448. The average Bonchev–Trinajstić information content (AvgIpc) is 3.60. The summed E-state index contributed by atoms with van der Waals surface area (Å²) in [6, 6.07) is 15.2. The molecule has 1 N–H and O–H groups in total. The van der Waals surface area contributed by atoms with Crippen molar-refractivity contribution in [1.82, 2.24) is 15.2 Å². The Morgan fingerprint density at radius 2 is 1.82 bits per heavy atom. The summed E-state index contributed by atoms with van der Waals surface area (Å²) in [7, 11) is 0. The van der Waals surface area contributed by atoms with Crippen molar-refractivity contribution in [3.8, 4) is 11.3 Å². The summed E-state index contributed by atoms with van der Waals surface area (Å²) < 4.78 is 0. The van der Waals surface area contributed by atoms with E-state index in [0.29, 0.717) is 30.1 Å². The number of nitrogens with zero attached hydrogens (tertiary/aromatic N) is 4. The summed E-state index contributed by atoms with van der Waals surface area (Å²) in [5, 5.41) is 17.1. The number of benzene rings is 2. The molecule has 8 nitrogen and oxygen atoms in total. The van der Waals surface area contributed by atoms with Gasteiger partial charge in [-0.15, -0.1) is 11.3 Å². The first-order chi connectivity index (χ1) is 18.2. The molecule has 1 aromatic heterocycles. The Morgan fingerprint density at radius 3 is 2.45 bits per heavy atom. The number of nitro benzene ring substituents is 1. The van der Waals surface area contributed by atoms with Crippen LogP contribution in [0.4, 0.5) is 10.8 Å². The molecule has 0 aliphatic heterocycles. The predicted octanol–water partition coefficient (Wildman–Crippen LogP) is 5.98. The van der Waals surface area contributed by atoms with E-state index in [1.165, 1.54) is 30.2 Å². The molecule has 4 rings (SSSR count). The fourth-order valence-corrected chi connectivity index (χ4v) is 5.42. The van der Waals surface area contributed by atoms with Crippen LogP contribution in [-0.4, -0.2) is 52.4 Å². The molecule has 0 spiro atoms. The smallest absolute Gasteiger partial charge is 0.270 e. The molecule has 0 unspecified atom stereocenters. The summed E-state index contributed by atoms with van der Waals surface area (Å²) in [5.41, 5.74) is 3.28. The minimum Gasteiger partial charge on any atom is -0.352 e. The first-order valence-corrected chi connectivity index (χ1v) is 14.2. The molecule has 0 bridgehead atoms. The summed E-state index contributed by atoms with van der Waals surface area (Å²) in [6.45, 7) is 11.9. The van der Waals surface area contributed by atoms with Crippen LogP contribution in [0.15, 0.2) is 53.9 Å². The van der Waals surface area contributed by atoms with Crippen LogP contribution >= 0.6 is 11.3 Å². The SMILES string of the molecule is CC(C)N(CCN(Cc1ccc(C(=O)NCC2CC2)cc1)c1nc(-c2cccc([N+](=O)[O-])c2)cs1)C(C)C. The first-order valence-electron chi connectivity index (χ1n) is 13.3. The zero-order valence-corrected chi connectivity index (χ0v) is 23.4. The lowest BCUT2D eigenvalue weighted by molar-refractivity contribution is -0.384. The Kier molecular flexibility index (Phi) is 9.12. The van der Waals surface area contributed by atoms with Crippen molar-refractivity contribution < 1.29 is 9.72 Å². The van der Waals surface area contributed by atoms with Gasteiger partial charge in [0.15, 0.2) is 5.13 Å². The Labute approximate surface area is 228 Å². The van der Waals surface area contributed by atoms with Gasteiger partial charge in [0.05, 0.1) is 10.6 Å². The van der Waals surface area contributed by atoms with Gasteiger partial charge in [-0.3, -0.25) is 19.8 Å². The van der Waals surface area contributed by atoms with Crippen LogP contribution in [0, 0.1) is 16.0 Å². The van der Waals surface area contributed by atoms with Gasteiger partial charge in [0.25, 0.3) is 11.6 Å². The zero-order chi connectivity index (χ0) is 27.2. The lowest BCUT2D eigenvalue weighted by atomic mass is 10.1. The van der Waals surface area contributed by atoms with E-state index in [9.17, 15) is 14.9 Å². The quantitative estimate of drug-likeness (QED) is 0.214. The summed E-state index contributed by atoms with van der Waals surface area (Å²) in [6.07, 6.45) is 2.42. The van der Waals surface area contributed by atoms with Gasteiger partial charge in [-0.1, -0.05) is 24.3 Å². The number of aromatic nitrogens is 1. The third-order valence-corrected chi connectivity index (χ3v) is 7.81. The molecule has 1 saturated carbocycles. The van der Waals surface area contributed by atoms with Gasteiger partial charge >= 0.3 is 0 Å². The Hall–Kier alpha value is -3.30. The highest BCUT2D eigenvalue weighted by atomic mass is 32.1. The molecular weight excluding hydrogens is 498 g/mol. The minimum absolute atomic E-state index is 0.0219. The zero-order valence-electron chi connectivity index (χ0n) is 22.6. The number of carbonyl (C=O) groups excluding carboxylic acids is 1. The maximum absolute atomic E-state index is 12.5. The molecule has 1 aliphatic carbocycles. The highest BCUT2D eigenvalue weighted by Crippen LogP contribution is 2.30. The monoisotopic (exact) mass is 535 g/mol. The van der Waals surface area contributed by atoms with E-state index >= 15 is 0 Å². The van der Waals surface area contributed by atoms with Gasteiger partial charge in [0.1, 0.15) is 0 Å². The lowest BCUT2D eigenvalue weighted by Crippen LogP contribution is -2.42. The van der Waals surface area contributed by atoms with Gasteiger partial charge in [0.2, 0.25) is 0 Å². The van der Waals surface area contributed by atoms with E-state index in [0.717, 1.165) is 41.6 Å². The highest BCUT2D eigenvalue weighted by molar-refractivity contribution is 7.14. The molecular formula is C29H37N5O3S. The number of hydrogen-bond acceptors (Lipinski definition) is 7. The van der Waals surface area contributed by atoms with Crippen LogP contribution in [0.1, 0.15) is 56.5 Å². The van der Waals surface area contributed by atoms with Crippen molar-refractivity contribution in [2.45, 2.75) is 59.2 Å². The summed E-state index contributed by atoms with van der Waals surface area (Å²) >= 11 is 1.54. The largest absolute Gasteiger partial charge is 0.352 e. The van der Waals surface area contributed by atoms with Gasteiger partial charge in [-0.2, -0.15) is 0 Å². The number of rotatable bonds is 13. The number of carbonyl (C=O) groups is 1. The average molecular weight is 536 g/mol. The van der Waals surface area contributed by atoms with Crippen LogP contribution in [0.2, 0.25) is 0 Å². The van der Waals surface area contributed by atoms with Crippen molar-refractivity contribution in [2.24, 2.45) is 5.92 Å². The number of non-ortho nitro benzene ring substituents is 1. The van der Waals surface area contributed by atoms with Crippen molar-refractivity contribution in [3.05, 3.63) is 75.2 Å². The Balaban J connectivity index is 1.52. The van der Waals surface area contributed by atoms with Gasteiger partial charge in [0, 0.05) is 66.9 Å². The highest BCUT2D eigenvalue weighted by Gasteiger charge is 2.22. The Morgan fingerprint density at radius 1 is 1.11 bits per heavy atom. The van der Waals surface area contributed by atoms with Crippen LogP contribution in [0.25, 0.3) is 11.3 Å². The number of amides is 1. The van der Waals surface area contributed by atoms with E-state index in [4.69, 9.17) is 4.98 Å². The van der Waals surface area contributed by atoms with E-state index < -0.39 is 0 Å². The number of anilines is 1. The van der Waals surface area contributed by atoms with Crippen LogP contribution in [0.5, 0.6) is 0 Å². The molecule has 0 radical (unpaired) electrons. The molecule has 2 aromatic carbocycles. The van der Waals surface area contributed by atoms with Crippen molar-refractivity contribution >= 4 is 28.1 Å². The second-order valence-electron chi connectivity index (χ2n) is 10.5. The van der Waals surface area contributed by atoms with Crippen molar-refractivity contribution in [1.29, 1.82) is 0 Å². The number of nitrogens with one attached hydrogen (secondary N) is 1. The van der Waals surface area contributed by atoms with Crippen molar-refractivity contribution in [2.75, 3.05) is 24.5 Å². The molecule has 202 valence electrons. The molecule has 1 amide bonds. The molecule has 1 fully saturated rings. The van der Waals surface area contributed by atoms with E-state index in [2.05, 4.69) is 42.8 Å². The second-order valence-corrected chi connectivity index (χ2v) is 11.4. The maximum atomic E-state index is 12.5. The van der Waals surface area contributed by atoms with E-state index in [1.54, 1.807) is 12.1 Å². The normalized spacial score (nSPS) is 13.3. The van der Waals surface area contributed by atoms with Crippen LogP contribution in [0.3, 0.4) is 0 Å². The first kappa shape index (κ1) is 27.7. The van der Waals surface area contributed by atoms with Crippen LogP contribution in [-0.2, 0) is 6.54 Å². The molecule has 0 atom stereocenters. The van der Waals surface area contributed by atoms with E-state index in [1.807, 2.05) is 35.7 Å². The molecule has 1 heterocycles. The number of nitro groups is 1. The van der Waals surface area contributed by atoms with E-state index in [-0.39, 0.29) is 16.5 Å². The number of hydrogen-bond donors (Lipinski definition) is 1. The molecule has 38 heavy (non-hydrogen) atoms. The summed E-state index contributed by atoms with van der Waals surface area (Å²) in [5.74, 6) is 0.625. The van der Waals surface area contributed by atoms with Gasteiger partial charge in [-0.05, 0) is 64.2 Å². The van der Waals surface area contributed by atoms with Crippen molar-refractivity contribution in [3.63, 3.8) is 0 Å². The topological polar surface area (TPSA) is 91.6 Å². The number of thiazole rings is 1. The lowest BCUT2D eigenvalue weighted by Gasteiger charge is -2.33.